The summed E-state index contributed by atoms with van der Waals surface area (Å²) in [7, 11) is 3.30. The molecule has 2 unspecified atom stereocenters. The lowest BCUT2D eigenvalue weighted by atomic mass is 9.58. The Morgan fingerprint density at radius 3 is 2.05 bits per heavy atom. The van der Waals surface area contributed by atoms with Crippen molar-refractivity contribution >= 4 is 11.6 Å². The first kappa shape index (κ1) is 14.8. The molecule has 2 atom stereocenters. The van der Waals surface area contributed by atoms with Crippen LogP contribution in [0.25, 0.3) is 0 Å². The highest BCUT2D eigenvalue weighted by molar-refractivity contribution is 6.21. The highest BCUT2D eigenvalue weighted by Crippen LogP contribution is 2.55. The molecular formula is C17H23ClO3. The van der Waals surface area contributed by atoms with Gasteiger partial charge in [-0.05, 0) is 12.8 Å². The second-order valence-corrected chi connectivity index (χ2v) is 6.68. The molecule has 0 bridgehead atoms. The molecule has 2 aliphatic rings. The van der Waals surface area contributed by atoms with Crippen LogP contribution in [-0.2, 0) is 0 Å². The van der Waals surface area contributed by atoms with Crippen molar-refractivity contribution < 1.29 is 14.2 Å². The fraction of sp³-hybridized carbons (Fsp3) is 0.647. The van der Waals surface area contributed by atoms with Crippen LogP contribution in [0.5, 0.6) is 17.2 Å². The first-order valence-electron chi connectivity index (χ1n) is 7.72. The second-order valence-electron chi connectivity index (χ2n) is 6.15. The average Bonchev–Trinajstić information content (AvgIpc) is 2.55. The lowest BCUT2D eigenvalue weighted by Gasteiger charge is -2.55. The summed E-state index contributed by atoms with van der Waals surface area (Å²) in [6.45, 7) is 0. The van der Waals surface area contributed by atoms with Crippen LogP contribution in [0.1, 0.15) is 38.5 Å². The Hall–Kier alpha value is -1.09. The highest BCUT2D eigenvalue weighted by atomic mass is 35.5. The number of benzene rings is 1. The maximum Gasteiger partial charge on any atom is 0.127 e. The lowest BCUT2D eigenvalue weighted by Crippen LogP contribution is -2.58. The van der Waals surface area contributed by atoms with E-state index in [0.29, 0.717) is 0 Å². The van der Waals surface area contributed by atoms with Crippen LogP contribution in [0, 0.1) is 5.41 Å². The first-order chi connectivity index (χ1) is 10.2. The minimum atomic E-state index is 0.177. The van der Waals surface area contributed by atoms with Gasteiger partial charge in [-0.2, -0.15) is 0 Å². The van der Waals surface area contributed by atoms with E-state index in [-0.39, 0.29) is 16.9 Å². The molecule has 0 aromatic heterocycles. The Bertz CT molecular complexity index is 475. The van der Waals surface area contributed by atoms with Crippen LogP contribution >= 0.6 is 11.6 Å². The Balaban J connectivity index is 1.77. The molecule has 2 saturated carbocycles. The molecule has 2 fully saturated rings. The van der Waals surface area contributed by atoms with E-state index in [4.69, 9.17) is 25.8 Å². The maximum absolute atomic E-state index is 6.53. The van der Waals surface area contributed by atoms with Crippen molar-refractivity contribution in [2.24, 2.45) is 5.41 Å². The van der Waals surface area contributed by atoms with Crippen LogP contribution in [-0.4, -0.2) is 25.7 Å². The molecule has 0 radical (unpaired) electrons. The number of halogens is 1. The Kier molecular flexibility index (Phi) is 4.21. The minimum absolute atomic E-state index is 0.177. The van der Waals surface area contributed by atoms with Gasteiger partial charge in [0.2, 0.25) is 0 Å². The van der Waals surface area contributed by atoms with Gasteiger partial charge in [0, 0.05) is 35.4 Å². The third-order valence-corrected chi connectivity index (χ3v) is 5.69. The van der Waals surface area contributed by atoms with Gasteiger partial charge in [0.05, 0.1) is 14.2 Å². The third kappa shape index (κ3) is 2.68. The normalized spacial score (nSPS) is 27.0. The number of hydrogen-bond donors (Lipinski definition) is 0. The molecule has 2 aliphatic carbocycles. The summed E-state index contributed by atoms with van der Waals surface area (Å²) in [5, 5.41) is 0.260. The molecule has 3 nitrogen and oxygen atoms in total. The van der Waals surface area contributed by atoms with Crippen molar-refractivity contribution in [3.8, 4) is 17.2 Å². The summed E-state index contributed by atoms with van der Waals surface area (Å²) in [6.07, 6.45) is 7.39. The van der Waals surface area contributed by atoms with Crippen LogP contribution in [0.4, 0.5) is 0 Å². The topological polar surface area (TPSA) is 27.7 Å². The van der Waals surface area contributed by atoms with Crippen molar-refractivity contribution in [1.29, 1.82) is 0 Å². The van der Waals surface area contributed by atoms with E-state index in [0.717, 1.165) is 23.7 Å². The molecule has 0 saturated heterocycles. The van der Waals surface area contributed by atoms with Crippen molar-refractivity contribution in [3.05, 3.63) is 18.2 Å². The van der Waals surface area contributed by atoms with E-state index in [9.17, 15) is 0 Å². The van der Waals surface area contributed by atoms with Gasteiger partial charge in [0.15, 0.2) is 0 Å². The van der Waals surface area contributed by atoms with Gasteiger partial charge in [-0.3, -0.25) is 0 Å². The highest BCUT2D eigenvalue weighted by Gasteiger charge is 2.55. The van der Waals surface area contributed by atoms with Gasteiger partial charge in [0.1, 0.15) is 23.4 Å². The maximum atomic E-state index is 6.53. The molecule has 1 aromatic carbocycles. The molecule has 116 valence electrons. The number of rotatable bonds is 4. The first-order valence-corrected chi connectivity index (χ1v) is 8.15. The summed E-state index contributed by atoms with van der Waals surface area (Å²) in [4.78, 5) is 0. The number of ether oxygens (including phenoxy) is 3. The third-order valence-electron chi connectivity index (χ3n) is 5.07. The molecule has 1 spiro atoms. The van der Waals surface area contributed by atoms with Gasteiger partial charge in [0.25, 0.3) is 0 Å². The fourth-order valence-electron chi connectivity index (χ4n) is 3.72. The zero-order valence-electron chi connectivity index (χ0n) is 12.7. The Morgan fingerprint density at radius 2 is 1.52 bits per heavy atom. The van der Waals surface area contributed by atoms with Gasteiger partial charge in [-0.15, -0.1) is 11.6 Å². The summed E-state index contributed by atoms with van der Waals surface area (Å²) < 4.78 is 16.9. The van der Waals surface area contributed by atoms with E-state index in [2.05, 4.69) is 0 Å². The molecule has 0 amide bonds. The van der Waals surface area contributed by atoms with Gasteiger partial charge >= 0.3 is 0 Å². The van der Waals surface area contributed by atoms with E-state index < -0.39 is 0 Å². The standard InChI is InChI=1S/C17H23ClO3/c1-19-12-8-13(20-2)10-14(9-12)21-16-11-15(18)17(16)6-4-3-5-7-17/h8-10,15-16H,3-7,11H2,1-2H3. The van der Waals surface area contributed by atoms with E-state index in [1.165, 1.54) is 32.1 Å². The summed E-state index contributed by atoms with van der Waals surface area (Å²) in [5.41, 5.74) is 0.177. The molecule has 1 aromatic rings. The van der Waals surface area contributed by atoms with E-state index in [1.807, 2.05) is 18.2 Å². The zero-order valence-corrected chi connectivity index (χ0v) is 13.5. The molecule has 0 N–H and O–H groups in total. The Labute approximate surface area is 131 Å². The van der Waals surface area contributed by atoms with E-state index in [1.54, 1.807) is 14.2 Å². The van der Waals surface area contributed by atoms with Crippen molar-refractivity contribution in [2.45, 2.75) is 50.0 Å². The number of alkyl halides is 1. The monoisotopic (exact) mass is 310 g/mol. The summed E-state index contributed by atoms with van der Waals surface area (Å²) >= 11 is 6.53. The number of hydrogen-bond acceptors (Lipinski definition) is 3. The smallest absolute Gasteiger partial charge is 0.127 e. The fourth-order valence-corrected chi connectivity index (χ4v) is 4.24. The number of methoxy groups -OCH3 is 2. The summed E-state index contributed by atoms with van der Waals surface area (Å²) in [5.74, 6) is 2.32. The van der Waals surface area contributed by atoms with Gasteiger partial charge in [-0.25, -0.2) is 0 Å². The predicted molar refractivity (Wildman–Crippen MR) is 83.7 cm³/mol. The molecule has 0 heterocycles. The van der Waals surface area contributed by atoms with Gasteiger partial charge < -0.3 is 14.2 Å². The molecule has 4 heteroatoms. The SMILES string of the molecule is COc1cc(OC)cc(OC2CC(Cl)C23CCCCC3)c1. The minimum Gasteiger partial charge on any atom is -0.496 e. The average molecular weight is 311 g/mol. The van der Waals surface area contributed by atoms with Crippen LogP contribution in [0.15, 0.2) is 18.2 Å². The van der Waals surface area contributed by atoms with Crippen LogP contribution < -0.4 is 14.2 Å². The van der Waals surface area contributed by atoms with Crippen LogP contribution in [0.3, 0.4) is 0 Å². The molecule has 21 heavy (non-hydrogen) atoms. The largest absolute Gasteiger partial charge is 0.496 e. The molecule has 3 rings (SSSR count). The summed E-state index contributed by atoms with van der Waals surface area (Å²) in [6, 6.07) is 5.69. The van der Waals surface area contributed by atoms with Crippen molar-refractivity contribution in [1.82, 2.24) is 0 Å². The van der Waals surface area contributed by atoms with Crippen LogP contribution in [0.2, 0.25) is 0 Å². The Morgan fingerprint density at radius 1 is 0.952 bits per heavy atom. The zero-order chi connectivity index (χ0) is 14.9. The van der Waals surface area contributed by atoms with Gasteiger partial charge in [-0.1, -0.05) is 19.3 Å². The van der Waals surface area contributed by atoms with Crippen molar-refractivity contribution in [2.75, 3.05) is 14.2 Å². The quantitative estimate of drug-likeness (QED) is 0.771. The molecule has 0 aliphatic heterocycles. The lowest BCUT2D eigenvalue weighted by molar-refractivity contribution is -0.0651. The van der Waals surface area contributed by atoms with E-state index >= 15 is 0 Å². The predicted octanol–water partition coefficient (Wildman–Crippen LogP) is 4.41. The van der Waals surface area contributed by atoms with Crippen molar-refractivity contribution in [3.63, 3.8) is 0 Å². The second kappa shape index (κ2) is 5.96. The molecular weight excluding hydrogens is 288 g/mol.